The highest BCUT2D eigenvalue weighted by Gasteiger charge is 2.17. The third-order valence-electron chi connectivity index (χ3n) is 2.87. The standard InChI is InChI=1S/C13H23BrN2O3/c1-4-11-13(14)12(16(5-2)15-11)8-10(17)9-19-7-6-18-3/h10,17H,4-9H2,1-3H3. The third kappa shape index (κ3) is 4.87. The van der Waals surface area contributed by atoms with Crippen LogP contribution in [0.5, 0.6) is 0 Å². The summed E-state index contributed by atoms with van der Waals surface area (Å²) in [6.45, 7) is 6.27. The zero-order valence-electron chi connectivity index (χ0n) is 11.9. The van der Waals surface area contributed by atoms with Crippen LogP contribution in [0, 0.1) is 0 Å². The molecule has 1 atom stereocenters. The Labute approximate surface area is 123 Å². The van der Waals surface area contributed by atoms with Gasteiger partial charge in [-0.2, -0.15) is 5.10 Å². The molecule has 0 fully saturated rings. The van der Waals surface area contributed by atoms with E-state index in [0.29, 0.717) is 26.2 Å². The molecule has 5 nitrogen and oxygen atoms in total. The minimum atomic E-state index is -0.528. The average Bonchev–Trinajstić information content (AvgIpc) is 2.71. The number of hydrogen-bond acceptors (Lipinski definition) is 4. The molecular formula is C13H23BrN2O3. The first-order chi connectivity index (χ1) is 9.13. The monoisotopic (exact) mass is 334 g/mol. The number of aryl methyl sites for hydroxylation is 2. The van der Waals surface area contributed by atoms with Crippen LogP contribution in [-0.2, 0) is 28.9 Å². The molecule has 0 bridgehead atoms. The predicted octanol–water partition coefficient (Wildman–Crippen LogP) is 1.79. The molecule has 0 aliphatic rings. The smallest absolute Gasteiger partial charge is 0.0829 e. The fraction of sp³-hybridized carbons (Fsp3) is 0.769. The summed E-state index contributed by atoms with van der Waals surface area (Å²) in [5.41, 5.74) is 2.06. The van der Waals surface area contributed by atoms with E-state index in [-0.39, 0.29) is 0 Å². The Balaban J connectivity index is 2.57. The van der Waals surface area contributed by atoms with Crippen LogP contribution in [0.4, 0.5) is 0 Å². The Kier molecular flexibility index (Phi) is 7.60. The minimum absolute atomic E-state index is 0.312. The van der Waals surface area contributed by atoms with E-state index in [1.165, 1.54) is 0 Å². The number of ether oxygens (including phenoxy) is 2. The van der Waals surface area contributed by atoms with Gasteiger partial charge in [0, 0.05) is 20.1 Å². The van der Waals surface area contributed by atoms with Crippen molar-refractivity contribution in [3.63, 3.8) is 0 Å². The van der Waals surface area contributed by atoms with Crippen molar-refractivity contribution in [2.45, 2.75) is 39.3 Å². The second-order valence-electron chi connectivity index (χ2n) is 4.30. The maximum atomic E-state index is 10.0. The fourth-order valence-corrected chi connectivity index (χ4v) is 2.58. The fourth-order valence-electron chi connectivity index (χ4n) is 1.86. The van der Waals surface area contributed by atoms with Crippen molar-refractivity contribution in [3.8, 4) is 0 Å². The number of halogens is 1. The Morgan fingerprint density at radius 2 is 2.11 bits per heavy atom. The van der Waals surface area contributed by atoms with Crippen molar-refractivity contribution < 1.29 is 14.6 Å². The number of methoxy groups -OCH3 is 1. The topological polar surface area (TPSA) is 56.5 Å². The molecule has 0 aliphatic heterocycles. The number of aromatic nitrogens is 2. The first-order valence-corrected chi connectivity index (χ1v) is 7.42. The van der Waals surface area contributed by atoms with Gasteiger partial charge in [-0.25, -0.2) is 0 Å². The van der Waals surface area contributed by atoms with Crippen LogP contribution >= 0.6 is 15.9 Å². The Bertz CT molecular complexity index is 382. The maximum Gasteiger partial charge on any atom is 0.0829 e. The van der Waals surface area contributed by atoms with E-state index < -0.39 is 6.10 Å². The van der Waals surface area contributed by atoms with Crippen LogP contribution in [-0.4, -0.2) is 47.9 Å². The molecule has 0 radical (unpaired) electrons. The quantitative estimate of drug-likeness (QED) is 0.699. The summed E-state index contributed by atoms with van der Waals surface area (Å²) in [7, 11) is 1.63. The van der Waals surface area contributed by atoms with Gasteiger partial charge >= 0.3 is 0 Å². The van der Waals surface area contributed by atoms with Crippen molar-refractivity contribution in [3.05, 3.63) is 15.9 Å². The van der Waals surface area contributed by atoms with E-state index in [0.717, 1.165) is 28.8 Å². The van der Waals surface area contributed by atoms with Crippen molar-refractivity contribution in [1.29, 1.82) is 0 Å². The van der Waals surface area contributed by atoms with Crippen LogP contribution in [0.1, 0.15) is 25.2 Å². The Hall–Kier alpha value is -0.430. The van der Waals surface area contributed by atoms with Crippen molar-refractivity contribution in [1.82, 2.24) is 9.78 Å². The van der Waals surface area contributed by atoms with Gasteiger partial charge in [-0.3, -0.25) is 4.68 Å². The SMILES string of the molecule is CCc1nn(CC)c(CC(O)COCCOC)c1Br. The van der Waals surface area contributed by atoms with Gasteiger partial charge in [-0.1, -0.05) is 6.92 Å². The van der Waals surface area contributed by atoms with Gasteiger partial charge in [0.15, 0.2) is 0 Å². The van der Waals surface area contributed by atoms with Crippen LogP contribution in [0.15, 0.2) is 4.47 Å². The maximum absolute atomic E-state index is 10.0. The molecule has 0 aromatic carbocycles. The van der Waals surface area contributed by atoms with Gasteiger partial charge in [0.25, 0.3) is 0 Å². The molecule has 6 heteroatoms. The summed E-state index contributed by atoms with van der Waals surface area (Å²) in [5, 5.41) is 14.5. The third-order valence-corrected chi connectivity index (χ3v) is 3.78. The van der Waals surface area contributed by atoms with Crippen molar-refractivity contribution in [2.24, 2.45) is 0 Å². The molecule has 0 saturated heterocycles. The second-order valence-corrected chi connectivity index (χ2v) is 5.10. The number of rotatable bonds is 9. The summed E-state index contributed by atoms with van der Waals surface area (Å²) in [4.78, 5) is 0. The summed E-state index contributed by atoms with van der Waals surface area (Å²) < 4.78 is 13.2. The van der Waals surface area contributed by atoms with Gasteiger partial charge in [0.05, 0.1) is 41.8 Å². The van der Waals surface area contributed by atoms with E-state index >= 15 is 0 Å². The highest BCUT2D eigenvalue weighted by molar-refractivity contribution is 9.10. The van der Waals surface area contributed by atoms with E-state index in [4.69, 9.17) is 9.47 Å². The van der Waals surface area contributed by atoms with Gasteiger partial charge in [-0.05, 0) is 29.3 Å². The minimum Gasteiger partial charge on any atom is -0.390 e. The molecule has 1 rings (SSSR count). The molecule has 0 saturated carbocycles. The van der Waals surface area contributed by atoms with Gasteiger partial charge in [0.1, 0.15) is 0 Å². The van der Waals surface area contributed by atoms with Crippen LogP contribution < -0.4 is 0 Å². The van der Waals surface area contributed by atoms with Gasteiger partial charge in [0.2, 0.25) is 0 Å². The molecule has 1 heterocycles. The predicted molar refractivity (Wildman–Crippen MR) is 77.4 cm³/mol. The zero-order valence-corrected chi connectivity index (χ0v) is 13.4. The first-order valence-electron chi connectivity index (χ1n) is 6.62. The highest BCUT2D eigenvalue weighted by atomic mass is 79.9. The van der Waals surface area contributed by atoms with Gasteiger partial charge < -0.3 is 14.6 Å². The molecule has 0 aliphatic carbocycles. The number of hydrogen-bond donors (Lipinski definition) is 1. The van der Waals surface area contributed by atoms with Crippen LogP contribution in [0.3, 0.4) is 0 Å². The van der Waals surface area contributed by atoms with Crippen molar-refractivity contribution in [2.75, 3.05) is 26.9 Å². The van der Waals surface area contributed by atoms with E-state index in [1.54, 1.807) is 7.11 Å². The molecule has 1 unspecified atom stereocenters. The molecule has 1 N–H and O–H groups in total. The molecule has 19 heavy (non-hydrogen) atoms. The lowest BCUT2D eigenvalue weighted by Crippen LogP contribution is -2.21. The number of aliphatic hydroxyl groups is 1. The second kappa shape index (κ2) is 8.68. The normalized spacial score (nSPS) is 12.9. The van der Waals surface area contributed by atoms with Gasteiger partial charge in [-0.15, -0.1) is 0 Å². The molecule has 110 valence electrons. The summed E-state index contributed by atoms with van der Waals surface area (Å²) in [6.07, 6.45) is 0.884. The van der Waals surface area contributed by atoms with E-state index in [9.17, 15) is 5.11 Å². The summed E-state index contributed by atoms with van der Waals surface area (Å²) >= 11 is 3.57. The van der Waals surface area contributed by atoms with Crippen LogP contribution in [0.25, 0.3) is 0 Å². The van der Waals surface area contributed by atoms with E-state index in [2.05, 4.69) is 28.0 Å². The Morgan fingerprint density at radius 3 is 2.68 bits per heavy atom. The zero-order chi connectivity index (χ0) is 14.3. The number of aliphatic hydroxyl groups excluding tert-OH is 1. The first kappa shape index (κ1) is 16.6. The largest absolute Gasteiger partial charge is 0.390 e. The highest BCUT2D eigenvalue weighted by Crippen LogP contribution is 2.23. The summed E-state index contributed by atoms with van der Waals surface area (Å²) in [5.74, 6) is 0. The molecule has 1 aromatic heterocycles. The van der Waals surface area contributed by atoms with Crippen LogP contribution in [0.2, 0.25) is 0 Å². The average molecular weight is 335 g/mol. The lowest BCUT2D eigenvalue weighted by Gasteiger charge is -2.12. The molecule has 0 spiro atoms. The number of nitrogens with zero attached hydrogens (tertiary/aromatic N) is 2. The van der Waals surface area contributed by atoms with Crippen molar-refractivity contribution >= 4 is 15.9 Å². The lowest BCUT2D eigenvalue weighted by atomic mass is 10.2. The summed E-state index contributed by atoms with van der Waals surface area (Å²) in [6, 6.07) is 0. The lowest BCUT2D eigenvalue weighted by molar-refractivity contribution is 0.0130. The molecular weight excluding hydrogens is 312 g/mol. The Morgan fingerprint density at radius 1 is 1.37 bits per heavy atom. The van der Waals surface area contributed by atoms with E-state index in [1.807, 2.05) is 11.6 Å². The molecule has 1 aromatic rings. The molecule has 0 amide bonds.